The van der Waals surface area contributed by atoms with E-state index in [4.69, 9.17) is 0 Å². The van der Waals surface area contributed by atoms with Gasteiger partial charge in [-0.1, -0.05) is 12.1 Å². The smallest absolute Gasteiger partial charge is 0.241 e. The van der Waals surface area contributed by atoms with Crippen LogP contribution in [0.2, 0.25) is 0 Å². The molecule has 7 heteroatoms. The molecule has 1 heterocycles. The van der Waals surface area contributed by atoms with E-state index in [0.29, 0.717) is 11.3 Å². The maximum absolute atomic E-state index is 12.1. The highest BCUT2D eigenvalue weighted by atomic mass is 32.2. The number of hydrogen-bond donors (Lipinski definition) is 3. The molecule has 1 aliphatic heterocycles. The summed E-state index contributed by atoms with van der Waals surface area (Å²) in [7, 11) is -3.43. The number of rotatable bonds is 5. The van der Waals surface area contributed by atoms with Crippen molar-refractivity contribution in [3.63, 3.8) is 0 Å². The lowest BCUT2D eigenvalue weighted by Crippen LogP contribution is -2.41. The number of carbonyl (C=O) groups is 1. The molecule has 0 aliphatic carbocycles. The van der Waals surface area contributed by atoms with Gasteiger partial charge in [0.05, 0.1) is 11.8 Å². The number of carbonyl (C=O) groups excluding carboxylic acids is 1. The molecule has 1 saturated heterocycles. The molecular weight excluding hydrogens is 314 g/mol. The van der Waals surface area contributed by atoms with E-state index in [1.165, 1.54) is 0 Å². The minimum atomic E-state index is -3.43. The van der Waals surface area contributed by atoms with Crippen molar-refractivity contribution < 1.29 is 13.2 Å². The second-order valence-corrected chi connectivity index (χ2v) is 8.67. The Bertz CT molecular complexity index is 659. The molecule has 0 saturated carbocycles. The first-order chi connectivity index (χ1) is 10.6. The van der Waals surface area contributed by atoms with Crippen molar-refractivity contribution in [3.05, 3.63) is 29.8 Å². The summed E-state index contributed by atoms with van der Waals surface area (Å²) >= 11 is 0. The zero-order valence-corrected chi connectivity index (χ0v) is 14.7. The fourth-order valence-corrected chi connectivity index (χ4v) is 4.22. The molecule has 1 aromatic rings. The summed E-state index contributed by atoms with van der Waals surface area (Å²) in [5.74, 6) is -0.189. The molecule has 1 amide bonds. The Morgan fingerprint density at radius 2 is 2.09 bits per heavy atom. The number of nitrogens with one attached hydrogen (secondary N) is 3. The summed E-state index contributed by atoms with van der Waals surface area (Å²) in [5, 5.41) is 5.98. The zero-order chi connectivity index (χ0) is 17.1. The lowest BCUT2D eigenvalue weighted by atomic mass is 10.1. The Balaban J connectivity index is 2.03. The predicted molar refractivity (Wildman–Crippen MR) is 91.6 cm³/mol. The van der Waals surface area contributed by atoms with Gasteiger partial charge in [-0.25, -0.2) is 13.1 Å². The highest BCUT2D eigenvalue weighted by Crippen LogP contribution is 2.16. The summed E-state index contributed by atoms with van der Waals surface area (Å²) in [5.41, 5.74) is 0.741. The first kappa shape index (κ1) is 17.9. The highest BCUT2D eigenvalue weighted by Gasteiger charge is 2.23. The van der Waals surface area contributed by atoms with Crippen molar-refractivity contribution in [1.29, 1.82) is 0 Å². The molecule has 3 N–H and O–H groups in total. The maximum atomic E-state index is 12.1. The van der Waals surface area contributed by atoms with Gasteiger partial charge in [0.25, 0.3) is 0 Å². The molecule has 0 radical (unpaired) electrons. The van der Waals surface area contributed by atoms with Crippen molar-refractivity contribution in [2.45, 2.75) is 50.9 Å². The molecule has 1 aliphatic rings. The number of hydrogen-bond acceptors (Lipinski definition) is 4. The third kappa shape index (κ3) is 5.93. The van der Waals surface area contributed by atoms with Gasteiger partial charge in [-0.05, 0) is 57.9 Å². The largest absolute Gasteiger partial charge is 0.325 e. The molecule has 128 valence electrons. The van der Waals surface area contributed by atoms with Crippen molar-refractivity contribution in [1.82, 2.24) is 10.0 Å². The van der Waals surface area contributed by atoms with Crippen molar-refractivity contribution in [2.75, 3.05) is 11.9 Å². The van der Waals surface area contributed by atoms with E-state index >= 15 is 0 Å². The zero-order valence-electron chi connectivity index (χ0n) is 13.8. The van der Waals surface area contributed by atoms with Crippen LogP contribution in [0.4, 0.5) is 5.69 Å². The molecule has 1 unspecified atom stereocenters. The van der Waals surface area contributed by atoms with Crippen LogP contribution < -0.4 is 15.4 Å². The molecule has 1 fully saturated rings. The maximum Gasteiger partial charge on any atom is 0.241 e. The molecule has 0 spiro atoms. The Morgan fingerprint density at radius 3 is 2.70 bits per heavy atom. The van der Waals surface area contributed by atoms with Crippen molar-refractivity contribution in [2.24, 2.45) is 0 Å². The number of sulfonamides is 1. The van der Waals surface area contributed by atoms with Gasteiger partial charge in [0.15, 0.2) is 0 Å². The lowest BCUT2D eigenvalue weighted by molar-refractivity contribution is -0.117. The van der Waals surface area contributed by atoms with E-state index in [-0.39, 0.29) is 17.7 Å². The van der Waals surface area contributed by atoms with Gasteiger partial charge in [-0.2, -0.15) is 0 Å². The van der Waals surface area contributed by atoms with E-state index in [9.17, 15) is 13.2 Å². The monoisotopic (exact) mass is 339 g/mol. The molecule has 0 aromatic heterocycles. The summed E-state index contributed by atoms with van der Waals surface area (Å²) in [6.07, 6.45) is 1.82. The number of amides is 1. The van der Waals surface area contributed by atoms with Crippen LogP contribution in [0, 0.1) is 0 Å². The van der Waals surface area contributed by atoms with Crippen LogP contribution in [0.3, 0.4) is 0 Å². The van der Waals surface area contributed by atoms with Crippen LogP contribution >= 0.6 is 0 Å². The number of benzene rings is 1. The Labute approximate surface area is 138 Å². The molecular formula is C16H25N3O3S. The van der Waals surface area contributed by atoms with Crippen LogP contribution in [-0.2, 0) is 20.6 Å². The molecule has 23 heavy (non-hydrogen) atoms. The third-order valence-electron chi connectivity index (χ3n) is 3.39. The normalized spacial score (nSPS) is 18.8. The number of anilines is 1. The minimum Gasteiger partial charge on any atom is -0.325 e. The third-order valence-corrected chi connectivity index (χ3v) is 5.03. The van der Waals surface area contributed by atoms with E-state index < -0.39 is 15.6 Å². The summed E-state index contributed by atoms with van der Waals surface area (Å²) in [6.45, 7) is 6.26. The highest BCUT2D eigenvalue weighted by molar-refractivity contribution is 7.88. The minimum absolute atomic E-state index is 0.0738. The quantitative estimate of drug-likeness (QED) is 0.760. The van der Waals surface area contributed by atoms with Crippen LogP contribution in [0.15, 0.2) is 24.3 Å². The van der Waals surface area contributed by atoms with Crippen LogP contribution in [-0.4, -0.2) is 32.5 Å². The fraction of sp³-hybridized carbons (Fsp3) is 0.562. The van der Waals surface area contributed by atoms with Gasteiger partial charge >= 0.3 is 0 Å². The van der Waals surface area contributed by atoms with Crippen LogP contribution in [0.25, 0.3) is 0 Å². The first-order valence-corrected chi connectivity index (χ1v) is 9.45. The second kappa shape index (κ2) is 6.98. The summed E-state index contributed by atoms with van der Waals surface area (Å²) in [4.78, 5) is 12.1. The van der Waals surface area contributed by atoms with E-state index in [0.717, 1.165) is 19.4 Å². The van der Waals surface area contributed by atoms with Gasteiger partial charge < -0.3 is 10.6 Å². The average molecular weight is 339 g/mol. The second-order valence-electron chi connectivity index (χ2n) is 6.95. The molecule has 1 aromatic carbocycles. The summed E-state index contributed by atoms with van der Waals surface area (Å²) < 4.78 is 26.9. The van der Waals surface area contributed by atoms with Crippen molar-refractivity contribution in [3.8, 4) is 0 Å². The average Bonchev–Trinajstić information content (AvgIpc) is 2.88. The van der Waals surface area contributed by atoms with Gasteiger partial charge in [0.1, 0.15) is 0 Å². The van der Waals surface area contributed by atoms with E-state index in [2.05, 4.69) is 15.4 Å². The Morgan fingerprint density at radius 1 is 1.35 bits per heavy atom. The van der Waals surface area contributed by atoms with Crippen molar-refractivity contribution >= 4 is 21.6 Å². The topological polar surface area (TPSA) is 87.3 Å². The van der Waals surface area contributed by atoms with Gasteiger partial charge in [-0.15, -0.1) is 0 Å². The SMILES string of the molecule is CC(C)(C)NS(=O)(=O)Cc1cccc(NC(=O)C2CCCN2)c1. The standard InChI is InChI=1S/C16H25N3O3S/c1-16(2,3)19-23(21,22)11-12-6-4-7-13(10-12)18-15(20)14-8-5-9-17-14/h4,6-7,10,14,17,19H,5,8-9,11H2,1-3H3,(H,18,20). The van der Waals surface area contributed by atoms with Gasteiger partial charge in [0.2, 0.25) is 15.9 Å². The molecule has 0 bridgehead atoms. The Hall–Kier alpha value is -1.44. The van der Waals surface area contributed by atoms with Gasteiger partial charge in [0, 0.05) is 11.2 Å². The van der Waals surface area contributed by atoms with E-state index in [1.54, 1.807) is 45.0 Å². The first-order valence-electron chi connectivity index (χ1n) is 7.79. The molecule has 2 rings (SSSR count). The molecule has 6 nitrogen and oxygen atoms in total. The van der Waals surface area contributed by atoms with E-state index in [1.807, 2.05) is 0 Å². The predicted octanol–water partition coefficient (Wildman–Crippen LogP) is 1.59. The fourth-order valence-electron chi connectivity index (χ4n) is 2.60. The van der Waals surface area contributed by atoms with Crippen LogP contribution in [0.5, 0.6) is 0 Å². The summed E-state index contributed by atoms with van der Waals surface area (Å²) in [6, 6.07) is 6.80. The van der Waals surface area contributed by atoms with Crippen LogP contribution in [0.1, 0.15) is 39.2 Å². The Kier molecular flexibility index (Phi) is 5.44. The molecule has 1 atom stereocenters. The van der Waals surface area contributed by atoms with Gasteiger partial charge in [-0.3, -0.25) is 4.79 Å². The lowest BCUT2D eigenvalue weighted by Gasteiger charge is -2.20.